The number of benzene rings is 1. The third-order valence-electron chi connectivity index (χ3n) is 3.96. The van der Waals surface area contributed by atoms with Crippen molar-refractivity contribution in [3.8, 4) is 0 Å². The average molecular weight is 290 g/mol. The lowest BCUT2D eigenvalue weighted by atomic mass is 9.88. The fraction of sp³-hybridized carbons (Fsp3) is 0.333. The molecule has 1 amide bonds. The monoisotopic (exact) mass is 290 g/mol. The molecule has 0 radical (unpaired) electrons. The maximum atomic E-state index is 13.9. The van der Waals surface area contributed by atoms with Gasteiger partial charge in [-0.3, -0.25) is 9.59 Å². The number of aromatic nitrogens is 1. The average Bonchev–Trinajstić information content (AvgIpc) is 2.37. The largest absolute Gasteiger partial charge is 0.369 e. The van der Waals surface area contributed by atoms with E-state index in [0.29, 0.717) is 11.2 Å². The number of halogens is 1. The number of nitrogens with two attached hydrogens (primary N) is 1. The van der Waals surface area contributed by atoms with Crippen molar-refractivity contribution in [3.05, 3.63) is 45.5 Å². The quantitative estimate of drug-likeness (QED) is 0.838. The lowest BCUT2D eigenvalue weighted by molar-refractivity contribution is -0.125. The molecular weight excluding hydrogens is 275 g/mol. The molecule has 1 aliphatic heterocycles. The van der Waals surface area contributed by atoms with Gasteiger partial charge >= 0.3 is 0 Å². The highest BCUT2D eigenvalue weighted by Crippen LogP contribution is 2.35. The Morgan fingerprint density at radius 2 is 2.10 bits per heavy atom. The zero-order valence-corrected chi connectivity index (χ0v) is 11.6. The standard InChI is InChI=1S/C15H15FN2O3/c1-6-10-13(11(15(17)20)7(2)21-6)18-9-5-3-4-8(16)12(9)14(10)19/h3-7,11H,1-2H3,(H2,17,20)(H,18,19). The number of H-pyrrole nitrogens is 1. The van der Waals surface area contributed by atoms with Crippen molar-refractivity contribution in [3.63, 3.8) is 0 Å². The van der Waals surface area contributed by atoms with E-state index in [1.54, 1.807) is 19.9 Å². The second kappa shape index (κ2) is 4.66. The minimum Gasteiger partial charge on any atom is -0.369 e. The van der Waals surface area contributed by atoms with Crippen LogP contribution in [0.25, 0.3) is 10.9 Å². The van der Waals surface area contributed by atoms with E-state index in [0.717, 1.165) is 0 Å². The van der Waals surface area contributed by atoms with E-state index in [1.165, 1.54) is 12.1 Å². The minimum absolute atomic E-state index is 0.0236. The number of hydrogen-bond donors (Lipinski definition) is 2. The zero-order chi connectivity index (χ0) is 15.3. The van der Waals surface area contributed by atoms with E-state index < -0.39 is 35.3 Å². The van der Waals surface area contributed by atoms with Gasteiger partial charge in [0.1, 0.15) is 11.7 Å². The SMILES string of the molecule is CC1OC(C)C(C(N)=O)c2[nH]c3cccc(F)c3c(=O)c21. The summed E-state index contributed by atoms with van der Waals surface area (Å²) in [5, 5.41) is -0.0236. The number of rotatable bonds is 1. The summed E-state index contributed by atoms with van der Waals surface area (Å²) in [6, 6.07) is 4.33. The van der Waals surface area contributed by atoms with Gasteiger partial charge in [-0.2, -0.15) is 0 Å². The Morgan fingerprint density at radius 3 is 2.76 bits per heavy atom. The number of aromatic amines is 1. The van der Waals surface area contributed by atoms with Crippen molar-refractivity contribution in [2.75, 3.05) is 0 Å². The molecule has 5 nitrogen and oxygen atoms in total. The first-order valence-corrected chi connectivity index (χ1v) is 6.71. The second-order valence-electron chi connectivity index (χ2n) is 5.31. The molecule has 0 saturated heterocycles. The van der Waals surface area contributed by atoms with Gasteiger partial charge < -0.3 is 15.5 Å². The van der Waals surface area contributed by atoms with E-state index in [9.17, 15) is 14.0 Å². The fourth-order valence-corrected chi connectivity index (χ4v) is 3.05. The van der Waals surface area contributed by atoms with Gasteiger partial charge in [0.05, 0.1) is 23.1 Å². The van der Waals surface area contributed by atoms with Gasteiger partial charge in [0.15, 0.2) is 5.43 Å². The van der Waals surface area contributed by atoms with E-state index in [4.69, 9.17) is 10.5 Å². The van der Waals surface area contributed by atoms with Crippen molar-refractivity contribution in [2.45, 2.75) is 32.0 Å². The third kappa shape index (κ3) is 1.94. The second-order valence-corrected chi connectivity index (χ2v) is 5.31. The molecule has 0 saturated carbocycles. The Kier molecular flexibility index (Phi) is 3.06. The highest BCUT2D eigenvalue weighted by Gasteiger charge is 2.38. The highest BCUT2D eigenvalue weighted by atomic mass is 19.1. The molecule has 0 spiro atoms. The highest BCUT2D eigenvalue weighted by molar-refractivity contribution is 5.86. The molecule has 3 unspecified atom stereocenters. The number of pyridine rings is 1. The normalized spacial score (nSPS) is 24.8. The van der Waals surface area contributed by atoms with Gasteiger partial charge in [0.25, 0.3) is 0 Å². The molecular formula is C15H15FN2O3. The van der Waals surface area contributed by atoms with Crippen LogP contribution in [0.15, 0.2) is 23.0 Å². The van der Waals surface area contributed by atoms with E-state index in [-0.39, 0.29) is 10.9 Å². The molecule has 0 bridgehead atoms. The predicted octanol–water partition coefficient (Wildman–Crippen LogP) is 1.72. The molecule has 1 aliphatic rings. The Balaban J connectivity index is 2.42. The van der Waals surface area contributed by atoms with Gasteiger partial charge in [0.2, 0.25) is 5.91 Å². The van der Waals surface area contributed by atoms with Crippen molar-refractivity contribution in [1.82, 2.24) is 4.98 Å². The summed E-state index contributed by atoms with van der Waals surface area (Å²) in [5.74, 6) is -1.93. The van der Waals surface area contributed by atoms with Gasteiger partial charge in [-0.25, -0.2) is 4.39 Å². The van der Waals surface area contributed by atoms with Gasteiger partial charge in [-0.1, -0.05) is 6.07 Å². The van der Waals surface area contributed by atoms with Crippen molar-refractivity contribution < 1.29 is 13.9 Å². The number of carbonyl (C=O) groups excluding carboxylic acids is 1. The van der Waals surface area contributed by atoms with Crippen molar-refractivity contribution in [1.29, 1.82) is 0 Å². The van der Waals surface area contributed by atoms with Crippen LogP contribution in [0, 0.1) is 5.82 Å². The summed E-state index contributed by atoms with van der Waals surface area (Å²) in [6.45, 7) is 3.43. The first kappa shape index (κ1) is 13.8. The topological polar surface area (TPSA) is 85.2 Å². The number of amides is 1. The van der Waals surface area contributed by atoms with Crippen LogP contribution in [0.1, 0.15) is 37.1 Å². The number of carbonyl (C=O) groups is 1. The van der Waals surface area contributed by atoms with Gasteiger partial charge in [-0.05, 0) is 26.0 Å². The first-order valence-electron chi connectivity index (χ1n) is 6.71. The number of primary amides is 1. The lowest BCUT2D eigenvalue weighted by Gasteiger charge is -2.33. The van der Waals surface area contributed by atoms with Crippen molar-refractivity contribution in [2.24, 2.45) is 5.73 Å². The minimum atomic E-state index is -0.753. The number of ether oxygens (including phenoxy) is 1. The Hall–Kier alpha value is -2.21. The third-order valence-corrected chi connectivity index (χ3v) is 3.96. The van der Waals surface area contributed by atoms with Gasteiger partial charge in [-0.15, -0.1) is 0 Å². The molecule has 21 heavy (non-hydrogen) atoms. The molecule has 0 aliphatic carbocycles. The summed E-state index contributed by atoms with van der Waals surface area (Å²) < 4.78 is 19.5. The Labute approximate surface area is 119 Å². The van der Waals surface area contributed by atoms with E-state index in [1.807, 2.05) is 0 Å². The molecule has 3 atom stereocenters. The van der Waals surface area contributed by atoms with E-state index in [2.05, 4.69) is 4.98 Å². The molecule has 110 valence electrons. The van der Waals surface area contributed by atoms with Crippen LogP contribution >= 0.6 is 0 Å². The summed E-state index contributed by atoms with van der Waals surface area (Å²) in [5.41, 5.74) is 6.02. The van der Waals surface area contributed by atoms with Crippen LogP contribution in [0.5, 0.6) is 0 Å². The molecule has 3 N–H and O–H groups in total. The van der Waals surface area contributed by atoms with Crippen LogP contribution in [0.4, 0.5) is 4.39 Å². The van der Waals surface area contributed by atoms with Gasteiger partial charge in [0, 0.05) is 11.3 Å². The summed E-state index contributed by atoms with van der Waals surface area (Å²) in [6.07, 6.45) is -0.981. The van der Waals surface area contributed by atoms with Crippen LogP contribution < -0.4 is 11.2 Å². The summed E-state index contributed by atoms with van der Waals surface area (Å²) >= 11 is 0. The molecule has 3 rings (SSSR count). The van der Waals surface area contributed by atoms with Crippen molar-refractivity contribution >= 4 is 16.8 Å². The molecule has 0 fully saturated rings. The van der Waals surface area contributed by atoms with Crippen LogP contribution in [-0.4, -0.2) is 17.0 Å². The van der Waals surface area contributed by atoms with E-state index >= 15 is 0 Å². The smallest absolute Gasteiger partial charge is 0.229 e. The number of fused-ring (bicyclic) bond motifs is 2. The molecule has 1 aromatic heterocycles. The summed E-state index contributed by atoms with van der Waals surface area (Å²) in [7, 11) is 0. The Morgan fingerprint density at radius 1 is 1.38 bits per heavy atom. The fourth-order valence-electron chi connectivity index (χ4n) is 3.05. The van der Waals surface area contributed by atoms with Crippen LogP contribution in [0.2, 0.25) is 0 Å². The maximum absolute atomic E-state index is 13.9. The van der Waals surface area contributed by atoms with Crippen LogP contribution in [0.3, 0.4) is 0 Å². The lowest BCUT2D eigenvalue weighted by Crippen LogP contribution is -2.39. The molecule has 6 heteroatoms. The predicted molar refractivity (Wildman–Crippen MR) is 75.4 cm³/mol. The maximum Gasteiger partial charge on any atom is 0.229 e. The number of hydrogen-bond acceptors (Lipinski definition) is 3. The zero-order valence-electron chi connectivity index (χ0n) is 11.6. The number of nitrogens with one attached hydrogen (secondary N) is 1. The Bertz CT molecular complexity index is 799. The van der Waals surface area contributed by atoms with Crippen LogP contribution in [-0.2, 0) is 9.53 Å². The first-order chi connectivity index (χ1) is 9.91. The molecule has 2 heterocycles. The molecule has 1 aromatic carbocycles. The molecule has 2 aromatic rings. The summed E-state index contributed by atoms with van der Waals surface area (Å²) in [4.78, 5) is 27.3.